The summed E-state index contributed by atoms with van der Waals surface area (Å²) < 4.78 is 16.1. The highest BCUT2D eigenvalue weighted by Gasteiger charge is 2.30. The van der Waals surface area contributed by atoms with Gasteiger partial charge in [-0.15, -0.1) is 0 Å². The molecule has 0 aromatic heterocycles. The molecule has 3 rings (SSSR count). The summed E-state index contributed by atoms with van der Waals surface area (Å²) in [5.74, 6) is 3.38. The van der Waals surface area contributed by atoms with E-state index in [4.69, 9.17) is 23.2 Å². The third kappa shape index (κ3) is 5.37. The third-order valence-corrected chi connectivity index (χ3v) is 8.43. The van der Waals surface area contributed by atoms with Crippen LogP contribution in [0.25, 0.3) is 10.1 Å². The molecule has 1 aliphatic heterocycles. The molecule has 0 N–H and O–H groups in total. The molecule has 6 heteroatoms. The molecule has 0 amide bonds. The normalized spacial score (nSPS) is 17.7. The summed E-state index contributed by atoms with van der Waals surface area (Å²) in [4.78, 5) is 2.35. The number of piperazine rings is 1. The highest BCUT2D eigenvalue weighted by Crippen LogP contribution is 2.57. The van der Waals surface area contributed by atoms with Crippen LogP contribution in [0.5, 0.6) is 0 Å². The Kier molecular flexibility index (Phi) is 7.56. The van der Waals surface area contributed by atoms with Gasteiger partial charge in [-0.1, -0.05) is 90.8 Å². The summed E-state index contributed by atoms with van der Waals surface area (Å²) in [5.41, 5.74) is 1.70. The molecule has 148 valence electrons. The maximum Gasteiger partial charge on any atom is 0.196 e. The van der Waals surface area contributed by atoms with E-state index in [1.807, 2.05) is 65.3 Å². The summed E-state index contributed by atoms with van der Waals surface area (Å²) in [7, 11) is -3.06. The fourth-order valence-electron chi connectivity index (χ4n) is 3.24. The minimum atomic E-state index is -3.06. The van der Waals surface area contributed by atoms with Crippen molar-refractivity contribution < 1.29 is 4.57 Å². The lowest BCUT2D eigenvalue weighted by atomic mass is 10.2. The average Bonchev–Trinajstić information content (AvgIpc) is 2.75. The van der Waals surface area contributed by atoms with Crippen LogP contribution < -0.4 is 0 Å². The number of hydrogen-bond acceptors (Lipinski definition) is 2. The highest BCUT2D eigenvalue weighted by molar-refractivity contribution is 7.68. The van der Waals surface area contributed by atoms with Gasteiger partial charge < -0.3 is 4.90 Å². The van der Waals surface area contributed by atoms with Gasteiger partial charge in [-0.05, 0) is 17.7 Å². The summed E-state index contributed by atoms with van der Waals surface area (Å²) in [6.45, 7) is 6.35. The maximum atomic E-state index is 14.1. The SMILES string of the molecule is CCN1CCN(P(=O)(/C=C(\Cl)c2ccccc2)/C=C(\Cl)c2ccccc2)CC1. The van der Waals surface area contributed by atoms with Gasteiger partial charge >= 0.3 is 0 Å². The molecule has 1 fully saturated rings. The summed E-state index contributed by atoms with van der Waals surface area (Å²) >= 11 is 13.1. The lowest BCUT2D eigenvalue weighted by Gasteiger charge is -2.36. The van der Waals surface area contributed by atoms with Crippen molar-refractivity contribution in [3.05, 3.63) is 83.4 Å². The second-order valence-corrected chi connectivity index (χ2v) is 9.99. The van der Waals surface area contributed by atoms with E-state index >= 15 is 0 Å². The Morgan fingerprint density at radius 2 is 1.29 bits per heavy atom. The molecule has 0 radical (unpaired) electrons. The lowest BCUT2D eigenvalue weighted by Crippen LogP contribution is -2.44. The Balaban J connectivity index is 1.97. The van der Waals surface area contributed by atoms with Crippen LogP contribution >= 0.6 is 30.5 Å². The Morgan fingerprint density at radius 3 is 1.68 bits per heavy atom. The van der Waals surface area contributed by atoms with Gasteiger partial charge in [-0.3, -0.25) is 4.57 Å². The van der Waals surface area contributed by atoms with E-state index in [-0.39, 0.29) is 0 Å². The molecule has 2 aromatic rings. The number of hydrogen-bond donors (Lipinski definition) is 0. The fraction of sp³-hybridized carbons (Fsp3) is 0.273. The van der Waals surface area contributed by atoms with Gasteiger partial charge in [0.2, 0.25) is 0 Å². The lowest BCUT2D eigenvalue weighted by molar-refractivity contribution is 0.197. The molecule has 0 atom stereocenters. The van der Waals surface area contributed by atoms with Crippen molar-refractivity contribution in [2.45, 2.75) is 6.92 Å². The number of nitrogens with zero attached hydrogens (tertiary/aromatic N) is 2. The van der Waals surface area contributed by atoms with Crippen molar-refractivity contribution >= 4 is 40.6 Å². The first kappa shape index (κ1) is 21.4. The van der Waals surface area contributed by atoms with Crippen molar-refractivity contribution in [3.8, 4) is 0 Å². The highest BCUT2D eigenvalue weighted by atomic mass is 35.5. The Bertz CT molecular complexity index is 816. The van der Waals surface area contributed by atoms with Gasteiger partial charge in [0, 0.05) is 37.8 Å². The predicted octanol–water partition coefficient (Wildman–Crippen LogP) is 6.38. The molecule has 0 aliphatic carbocycles. The van der Waals surface area contributed by atoms with Crippen LogP contribution in [0, 0.1) is 0 Å². The standard InChI is InChI=1S/C22H25Cl2N2OP/c1-2-25-13-15-26(16-14-25)28(27,17-21(23)19-9-5-3-6-10-19)18-22(24)20-11-7-4-8-12-20/h3-12,17-18H,2,13-16H2,1H3/b21-17-,22-18-. The van der Waals surface area contributed by atoms with E-state index in [1.165, 1.54) is 0 Å². The summed E-state index contributed by atoms with van der Waals surface area (Å²) in [5, 5.41) is 0.964. The van der Waals surface area contributed by atoms with Crippen LogP contribution in [0.4, 0.5) is 0 Å². The molecule has 0 unspecified atom stereocenters. The van der Waals surface area contributed by atoms with Crippen LogP contribution in [0.15, 0.2) is 72.3 Å². The van der Waals surface area contributed by atoms with Gasteiger partial charge in [-0.2, -0.15) is 0 Å². The zero-order chi connectivity index (χ0) is 20.0. The summed E-state index contributed by atoms with van der Waals surface area (Å²) in [6, 6.07) is 19.2. The monoisotopic (exact) mass is 434 g/mol. The minimum absolute atomic E-state index is 0.482. The van der Waals surface area contributed by atoms with Gasteiger partial charge in [0.25, 0.3) is 0 Å². The molecule has 0 saturated carbocycles. The number of rotatable bonds is 6. The number of likely N-dealkylation sites (N-methyl/N-ethyl adjacent to an activating group) is 1. The molecular formula is C22H25Cl2N2OP. The Morgan fingerprint density at radius 1 is 0.857 bits per heavy atom. The fourth-order valence-corrected chi connectivity index (χ4v) is 6.48. The van der Waals surface area contributed by atoms with Gasteiger partial charge in [-0.25, -0.2) is 4.67 Å². The topological polar surface area (TPSA) is 23.6 Å². The minimum Gasteiger partial charge on any atom is -0.301 e. The van der Waals surface area contributed by atoms with Crippen molar-refractivity contribution in [1.82, 2.24) is 9.57 Å². The van der Waals surface area contributed by atoms with Crippen LogP contribution in [-0.4, -0.2) is 42.3 Å². The number of benzene rings is 2. The molecular weight excluding hydrogens is 410 g/mol. The molecule has 1 saturated heterocycles. The van der Waals surface area contributed by atoms with Crippen molar-refractivity contribution in [1.29, 1.82) is 0 Å². The van der Waals surface area contributed by atoms with E-state index in [1.54, 1.807) is 11.6 Å². The quantitative estimate of drug-likeness (QED) is 0.492. The second-order valence-electron chi connectivity index (χ2n) is 6.75. The van der Waals surface area contributed by atoms with Gasteiger partial charge in [0.15, 0.2) is 7.29 Å². The Hall–Kier alpha value is -1.35. The van der Waals surface area contributed by atoms with E-state index in [2.05, 4.69) is 11.8 Å². The zero-order valence-corrected chi connectivity index (χ0v) is 18.4. The molecule has 28 heavy (non-hydrogen) atoms. The van der Waals surface area contributed by atoms with E-state index in [0.717, 1.165) is 43.9 Å². The Labute approximate surface area is 177 Å². The van der Waals surface area contributed by atoms with Crippen LogP contribution in [0.2, 0.25) is 0 Å². The first-order valence-corrected chi connectivity index (χ1v) is 12.0. The van der Waals surface area contributed by atoms with Crippen LogP contribution in [0.1, 0.15) is 18.1 Å². The van der Waals surface area contributed by atoms with Gasteiger partial charge in [0.1, 0.15) is 0 Å². The average molecular weight is 435 g/mol. The first-order valence-electron chi connectivity index (χ1n) is 9.46. The van der Waals surface area contributed by atoms with Crippen LogP contribution in [0.3, 0.4) is 0 Å². The molecule has 1 heterocycles. The third-order valence-electron chi connectivity index (χ3n) is 4.93. The summed E-state index contributed by atoms with van der Waals surface area (Å²) in [6.07, 6.45) is 0. The van der Waals surface area contributed by atoms with Gasteiger partial charge in [0.05, 0.1) is 10.1 Å². The van der Waals surface area contributed by atoms with Crippen molar-refractivity contribution in [3.63, 3.8) is 0 Å². The van der Waals surface area contributed by atoms with E-state index in [0.29, 0.717) is 10.1 Å². The zero-order valence-electron chi connectivity index (χ0n) is 16.0. The van der Waals surface area contributed by atoms with Crippen molar-refractivity contribution in [2.24, 2.45) is 0 Å². The number of halogens is 2. The molecule has 3 nitrogen and oxygen atoms in total. The van der Waals surface area contributed by atoms with E-state index < -0.39 is 7.29 Å². The molecule has 0 bridgehead atoms. The van der Waals surface area contributed by atoms with E-state index in [9.17, 15) is 4.57 Å². The predicted molar refractivity (Wildman–Crippen MR) is 122 cm³/mol. The smallest absolute Gasteiger partial charge is 0.196 e. The maximum absolute atomic E-state index is 14.1. The first-order chi connectivity index (χ1) is 13.5. The van der Waals surface area contributed by atoms with Crippen LogP contribution in [-0.2, 0) is 4.57 Å². The molecule has 2 aromatic carbocycles. The second kappa shape index (κ2) is 9.91. The van der Waals surface area contributed by atoms with Crippen molar-refractivity contribution in [2.75, 3.05) is 32.7 Å². The molecule has 1 aliphatic rings. The molecule has 0 spiro atoms. The largest absolute Gasteiger partial charge is 0.301 e.